The molecule has 0 spiro atoms. The summed E-state index contributed by atoms with van der Waals surface area (Å²) in [5.74, 6) is 1.17. The molecule has 0 radical (unpaired) electrons. The van der Waals surface area contributed by atoms with Gasteiger partial charge in [0.1, 0.15) is 23.6 Å². The topological polar surface area (TPSA) is 76.6 Å². The van der Waals surface area contributed by atoms with Gasteiger partial charge < -0.3 is 19.7 Å². The number of morpholine rings is 1. The molecule has 2 aromatic rings. The van der Waals surface area contributed by atoms with Gasteiger partial charge in [-0.2, -0.15) is 0 Å². The highest BCUT2D eigenvalue weighted by Gasteiger charge is 2.20. The molecule has 132 valence electrons. The lowest BCUT2D eigenvalue weighted by Crippen LogP contribution is -2.41. The van der Waals surface area contributed by atoms with Crippen LogP contribution in [0.25, 0.3) is 0 Å². The van der Waals surface area contributed by atoms with Crippen molar-refractivity contribution in [1.82, 2.24) is 14.9 Å². The highest BCUT2D eigenvalue weighted by molar-refractivity contribution is 5.93. The Bertz CT molecular complexity index is 730. The van der Waals surface area contributed by atoms with Gasteiger partial charge in [-0.3, -0.25) is 4.79 Å². The minimum absolute atomic E-state index is 0.0619. The Morgan fingerprint density at radius 2 is 2.00 bits per heavy atom. The Morgan fingerprint density at radius 3 is 2.76 bits per heavy atom. The first-order chi connectivity index (χ1) is 12.1. The number of nitrogens with zero attached hydrogens (tertiary/aromatic N) is 3. The van der Waals surface area contributed by atoms with Crippen molar-refractivity contribution in [1.29, 1.82) is 0 Å². The lowest BCUT2D eigenvalue weighted by Gasteiger charge is -2.26. The van der Waals surface area contributed by atoms with Crippen molar-refractivity contribution in [3.8, 4) is 5.75 Å². The van der Waals surface area contributed by atoms with Crippen LogP contribution in [-0.4, -0.2) is 53.2 Å². The van der Waals surface area contributed by atoms with Crippen LogP contribution in [0.4, 0.5) is 11.5 Å². The predicted octanol–water partition coefficient (Wildman–Crippen LogP) is 2.48. The van der Waals surface area contributed by atoms with Crippen molar-refractivity contribution in [3.63, 3.8) is 0 Å². The van der Waals surface area contributed by atoms with Crippen LogP contribution < -0.4 is 10.1 Å². The second-order valence-corrected chi connectivity index (χ2v) is 5.98. The molecule has 7 nitrogen and oxygen atoms in total. The summed E-state index contributed by atoms with van der Waals surface area (Å²) in [5, 5.41) is 3.20. The molecule has 1 aromatic carbocycles. The zero-order chi connectivity index (χ0) is 17.6. The average Bonchev–Trinajstić information content (AvgIpc) is 2.63. The standard InChI is InChI=1S/C18H22N4O3/c1-13(2)25-16-6-4-3-5-14(16)21-17-11-15(19-12-20-17)18(23)22-7-9-24-10-8-22/h3-6,11-13H,7-10H2,1-2H3,(H,19,20,21). The Labute approximate surface area is 147 Å². The fraction of sp³-hybridized carbons (Fsp3) is 0.389. The first kappa shape index (κ1) is 17.2. The number of ether oxygens (including phenoxy) is 2. The summed E-state index contributed by atoms with van der Waals surface area (Å²) >= 11 is 0. The van der Waals surface area contributed by atoms with E-state index in [0.29, 0.717) is 37.8 Å². The van der Waals surface area contributed by atoms with Crippen LogP contribution in [-0.2, 0) is 4.74 Å². The lowest BCUT2D eigenvalue weighted by molar-refractivity contribution is 0.0299. The molecule has 7 heteroatoms. The summed E-state index contributed by atoms with van der Waals surface area (Å²) in [6.45, 7) is 6.22. The molecule has 0 aliphatic carbocycles. The Morgan fingerprint density at radius 1 is 1.24 bits per heavy atom. The summed E-state index contributed by atoms with van der Waals surface area (Å²) < 4.78 is 11.1. The number of amides is 1. The summed E-state index contributed by atoms with van der Waals surface area (Å²) in [7, 11) is 0. The van der Waals surface area contributed by atoms with Crippen LogP contribution in [0.1, 0.15) is 24.3 Å². The fourth-order valence-electron chi connectivity index (χ4n) is 2.54. The molecule has 1 aliphatic rings. The number of nitrogens with one attached hydrogen (secondary N) is 1. The van der Waals surface area contributed by atoms with Crippen LogP contribution in [0.3, 0.4) is 0 Å². The van der Waals surface area contributed by atoms with Gasteiger partial charge in [0.25, 0.3) is 5.91 Å². The fourth-order valence-corrected chi connectivity index (χ4v) is 2.54. The Balaban J connectivity index is 1.77. The second kappa shape index (κ2) is 7.94. The third kappa shape index (κ3) is 4.45. The minimum Gasteiger partial charge on any atom is -0.489 e. The van der Waals surface area contributed by atoms with Gasteiger partial charge in [-0.05, 0) is 26.0 Å². The number of anilines is 2. The van der Waals surface area contributed by atoms with Gasteiger partial charge in [0, 0.05) is 19.2 Å². The van der Waals surface area contributed by atoms with Gasteiger partial charge in [0.15, 0.2) is 0 Å². The predicted molar refractivity (Wildman–Crippen MR) is 94.2 cm³/mol. The molecule has 1 amide bonds. The van der Waals surface area contributed by atoms with Gasteiger partial charge in [-0.1, -0.05) is 12.1 Å². The van der Waals surface area contributed by atoms with E-state index in [0.717, 1.165) is 11.4 Å². The van der Waals surface area contributed by atoms with E-state index < -0.39 is 0 Å². The van der Waals surface area contributed by atoms with Crippen molar-refractivity contribution >= 4 is 17.4 Å². The van der Waals surface area contributed by atoms with E-state index in [1.165, 1.54) is 6.33 Å². The van der Waals surface area contributed by atoms with Gasteiger partial charge >= 0.3 is 0 Å². The molecule has 1 aliphatic heterocycles. The molecule has 0 saturated carbocycles. The molecule has 1 saturated heterocycles. The zero-order valence-electron chi connectivity index (χ0n) is 14.4. The zero-order valence-corrected chi connectivity index (χ0v) is 14.4. The highest BCUT2D eigenvalue weighted by atomic mass is 16.5. The molecule has 0 atom stereocenters. The molecule has 3 rings (SSSR count). The van der Waals surface area contributed by atoms with E-state index in [1.54, 1.807) is 11.0 Å². The average molecular weight is 342 g/mol. The first-order valence-electron chi connectivity index (χ1n) is 8.35. The maximum atomic E-state index is 12.5. The van der Waals surface area contributed by atoms with Gasteiger partial charge in [0.2, 0.25) is 0 Å². The number of para-hydroxylation sites is 2. The maximum absolute atomic E-state index is 12.5. The van der Waals surface area contributed by atoms with E-state index in [-0.39, 0.29) is 12.0 Å². The van der Waals surface area contributed by atoms with Gasteiger partial charge in [-0.25, -0.2) is 9.97 Å². The maximum Gasteiger partial charge on any atom is 0.272 e. The number of benzene rings is 1. The van der Waals surface area contributed by atoms with E-state index >= 15 is 0 Å². The Hall–Kier alpha value is -2.67. The minimum atomic E-state index is -0.111. The molecular weight excluding hydrogens is 320 g/mol. The molecule has 25 heavy (non-hydrogen) atoms. The van der Waals surface area contributed by atoms with Crippen LogP contribution in [0, 0.1) is 0 Å². The van der Waals surface area contributed by atoms with Crippen molar-refractivity contribution in [3.05, 3.63) is 42.4 Å². The molecule has 0 bridgehead atoms. The summed E-state index contributed by atoms with van der Waals surface area (Å²) in [4.78, 5) is 22.6. The van der Waals surface area contributed by atoms with Crippen molar-refractivity contribution in [2.45, 2.75) is 20.0 Å². The number of aromatic nitrogens is 2. The number of hydrogen-bond acceptors (Lipinski definition) is 6. The van der Waals surface area contributed by atoms with Crippen LogP contribution in [0.5, 0.6) is 5.75 Å². The number of hydrogen-bond donors (Lipinski definition) is 1. The largest absolute Gasteiger partial charge is 0.489 e. The van der Waals surface area contributed by atoms with Crippen LogP contribution in [0.15, 0.2) is 36.7 Å². The van der Waals surface area contributed by atoms with E-state index in [1.807, 2.05) is 38.1 Å². The highest BCUT2D eigenvalue weighted by Crippen LogP contribution is 2.27. The molecule has 1 aromatic heterocycles. The molecule has 1 N–H and O–H groups in total. The van der Waals surface area contributed by atoms with Gasteiger partial charge in [-0.15, -0.1) is 0 Å². The molecule has 0 unspecified atom stereocenters. The second-order valence-electron chi connectivity index (χ2n) is 5.98. The number of carbonyl (C=O) groups is 1. The van der Waals surface area contributed by atoms with Crippen LogP contribution in [0.2, 0.25) is 0 Å². The van der Waals surface area contributed by atoms with Crippen LogP contribution >= 0.6 is 0 Å². The van der Waals surface area contributed by atoms with E-state index in [2.05, 4.69) is 15.3 Å². The lowest BCUT2D eigenvalue weighted by atomic mass is 10.2. The summed E-state index contributed by atoms with van der Waals surface area (Å²) in [6.07, 6.45) is 1.45. The normalized spacial score (nSPS) is 14.4. The quantitative estimate of drug-likeness (QED) is 0.899. The third-order valence-corrected chi connectivity index (χ3v) is 3.70. The third-order valence-electron chi connectivity index (χ3n) is 3.70. The Kier molecular flexibility index (Phi) is 5.45. The summed E-state index contributed by atoms with van der Waals surface area (Å²) in [5.41, 5.74) is 1.15. The first-order valence-corrected chi connectivity index (χ1v) is 8.35. The van der Waals surface area contributed by atoms with Gasteiger partial charge in [0.05, 0.1) is 25.0 Å². The van der Waals surface area contributed by atoms with Crippen molar-refractivity contribution in [2.24, 2.45) is 0 Å². The smallest absolute Gasteiger partial charge is 0.272 e. The van der Waals surface area contributed by atoms with Crippen molar-refractivity contribution < 1.29 is 14.3 Å². The molecular formula is C18H22N4O3. The summed E-state index contributed by atoms with van der Waals surface area (Å²) in [6, 6.07) is 9.28. The number of carbonyl (C=O) groups excluding carboxylic acids is 1. The monoisotopic (exact) mass is 342 g/mol. The SMILES string of the molecule is CC(C)Oc1ccccc1Nc1cc(C(=O)N2CCOCC2)ncn1. The van der Waals surface area contributed by atoms with E-state index in [9.17, 15) is 4.79 Å². The van der Waals surface area contributed by atoms with Crippen molar-refractivity contribution in [2.75, 3.05) is 31.6 Å². The number of rotatable bonds is 5. The molecule has 1 fully saturated rings. The van der Waals surface area contributed by atoms with E-state index in [4.69, 9.17) is 9.47 Å². The molecule has 2 heterocycles.